The number of benzene rings is 2. The number of esters is 1. The van der Waals surface area contributed by atoms with E-state index in [2.05, 4.69) is 0 Å². The molecule has 2 aromatic carbocycles. The van der Waals surface area contributed by atoms with Crippen LogP contribution in [0.1, 0.15) is 34.6 Å². The first-order valence-electron chi connectivity index (χ1n) is 7.91. The molecule has 0 N–H and O–H groups in total. The van der Waals surface area contributed by atoms with Gasteiger partial charge in [0.2, 0.25) is 0 Å². The third kappa shape index (κ3) is 3.82. The first-order valence-corrected chi connectivity index (χ1v) is 7.91. The van der Waals surface area contributed by atoms with E-state index >= 15 is 0 Å². The second-order valence-corrected chi connectivity index (χ2v) is 5.84. The summed E-state index contributed by atoms with van der Waals surface area (Å²) in [5, 5.41) is 0. The molecule has 0 radical (unpaired) electrons. The zero-order valence-electron chi connectivity index (χ0n) is 15.1. The van der Waals surface area contributed by atoms with Crippen molar-refractivity contribution in [1.29, 1.82) is 0 Å². The van der Waals surface area contributed by atoms with Gasteiger partial charge in [-0.1, -0.05) is 26.0 Å². The average molecular weight is 342 g/mol. The molecule has 5 nitrogen and oxygen atoms in total. The number of methoxy groups -OCH3 is 3. The van der Waals surface area contributed by atoms with Crippen molar-refractivity contribution in [2.45, 2.75) is 13.8 Å². The van der Waals surface area contributed by atoms with Gasteiger partial charge in [0, 0.05) is 23.1 Å². The normalized spacial score (nSPS) is 10.5. The van der Waals surface area contributed by atoms with E-state index in [4.69, 9.17) is 14.2 Å². The van der Waals surface area contributed by atoms with Gasteiger partial charge in [-0.2, -0.15) is 0 Å². The smallest absolute Gasteiger partial charge is 0.338 e. The van der Waals surface area contributed by atoms with Crippen LogP contribution >= 0.6 is 0 Å². The zero-order chi connectivity index (χ0) is 18.6. The number of carbonyl (C=O) groups excluding carboxylic acids is 2. The molecule has 0 saturated heterocycles. The number of ketones is 1. The van der Waals surface area contributed by atoms with Gasteiger partial charge in [-0.3, -0.25) is 4.79 Å². The molecular weight excluding hydrogens is 320 g/mol. The monoisotopic (exact) mass is 342 g/mol. The molecule has 0 aliphatic carbocycles. The molecule has 25 heavy (non-hydrogen) atoms. The van der Waals surface area contributed by atoms with E-state index in [0.29, 0.717) is 33.8 Å². The fraction of sp³-hybridized carbons (Fsp3) is 0.300. The van der Waals surface area contributed by atoms with Crippen molar-refractivity contribution in [2.75, 3.05) is 21.3 Å². The second-order valence-electron chi connectivity index (χ2n) is 5.84. The molecule has 0 atom stereocenters. The largest absolute Gasteiger partial charge is 0.497 e. The predicted octanol–water partition coefficient (Wildman–Crippen LogP) is 4.00. The topological polar surface area (TPSA) is 61.8 Å². The maximum Gasteiger partial charge on any atom is 0.338 e. The molecule has 0 saturated carbocycles. The maximum absolute atomic E-state index is 12.3. The van der Waals surface area contributed by atoms with Crippen LogP contribution in [0.5, 0.6) is 11.5 Å². The Labute approximate surface area is 147 Å². The first kappa shape index (κ1) is 18.5. The highest BCUT2D eigenvalue weighted by Gasteiger charge is 2.20. The Morgan fingerprint density at radius 3 is 2.12 bits per heavy atom. The fourth-order valence-electron chi connectivity index (χ4n) is 2.57. The summed E-state index contributed by atoms with van der Waals surface area (Å²) in [5.41, 5.74) is 2.14. The van der Waals surface area contributed by atoms with Gasteiger partial charge in [0.25, 0.3) is 0 Å². The summed E-state index contributed by atoms with van der Waals surface area (Å²) in [6.45, 7) is 3.64. The summed E-state index contributed by atoms with van der Waals surface area (Å²) in [5.74, 6) is 0.510. The minimum Gasteiger partial charge on any atom is -0.497 e. The van der Waals surface area contributed by atoms with E-state index in [-0.39, 0.29) is 11.7 Å². The number of ether oxygens (including phenoxy) is 3. The van der Waals surface area contributed by atoms with E-state index in [9.17, 15) is 9.59 Å². The molecule has 0 aromatic heterocycles. The van der Waals surface area contributed by atoms with Gasteiger partial charge in [-0.05, 0) is 23.8 Å². The van der Waals surface area contributed by atoms with Gasteiger partial charge in [0.05, 0.1) is 26.9 Å². The molecular formula is C20H22O5. The van der Waals surface area contributed by atoms with Crippen molar-refractivity contribution in [1.82, 2.24) is 0 Å². The third-order valence-electron chi connectivity index (χ3n) is 3.93. The van der Waals surface area contributed by atoms with Gasteiger partial charge in [-0.15, -0.1) is 0 Å². The highest BCUT2D eigenvalue weighted by atomic mass is 16.5. The molecule has 2 aromatic rings. The van der Waals surface area contributed by atoms with Gasteiger partial charge in [0.1, 0.15) is 11.5 Å². The summed E-state index contributed by atoms with van der Waals surface area (Å²) >= 11 is 0. The third-order valence-corrected chi connectivity index (χ3v) is 3.93. The Morgan fingerprint density at radius 2 is 1.56 bits per heavy atom. The van der Waals surface area contributed by atoms with Crippen molar-refractivity contribution >= 4 is 11.8 Å². The van der Waals surface area contributed by atoms with Crippen molar-refractivity contribution in [2.24, 2.45) is 5.92 Å². The SMILES string of the molecule is COC(=O)c1cc(C(=O)C(C)C)ccc1-c1ccc(OC)cc1OC. The predicted molar refractivity (Wildman–Crippen MR) is 95.5 cm³/mol. The van der Waals surface area contributed by atoms with E-state index in [1.54, 1.807) is 44.6 Å². The molecule has 0 fully saturated rings. The second kappa shape index (κ2) is 7.83. The molecule has 132 valence electrons. The number of rotatable bonds is 6. The Balaban J connectivity index is 2.65. The lowest BCUT2D eigenvalue weighted by Crippen LogP contribution is -2.11. The van der Waals surface area contributed by atoms with Gasteiger partial charge < -0.3 is 14.2 Å². The van der Waals surface area contributed by atoms with Gasteiger partial charge in [0.15, 0.2) is 5.78 Å². The Bertz CT molecular complexity index is 793. The summed E-state index contributed by atoms with van der Waals surface area (Å²) in [6, 6.07) is 10.4. The van der Waals surface area contributed by atoms with Crippen LogP contribution in [0, 0.1) is 5.92 Å². The zero-order valence-corrected chi connectivity index (χ0v) is 15.1. The van der Waals surface area contributed by atoms with Crippen molar-refractivity contribution < 1.29 is 23.8 Å². The molecule has 0 amide bonds. The number of carbonyl (C=O) groups is 2. The van der Waals surface area contributed by atoms with Crippen LogP contribution in [0.4, 0.5) is 0 Å². The molecule has 0 heterocycles. The summed E-state index contributed by atoms with van der Waals surface area (Å²) < 4.78 is 15.5. The van der Waals surface area contributed by atoms with E-state index in [0.717, 1.165) is 0 Å². The van der Waals surface area contributed by atoms with Crippen LogP contribution in [0.25, 0.3) is 11.1 Å². The quantitative estimate of drug-likeness (QED) is 0.586. The number of Topliss-reactive ketones (excluding diaryl/α,β-unsaturated/α-hetero) is 1. The molecule has 5 heteroatoms. The van der Waals surface area contributed by atoms with Crippen molar-refractivity contribution in [3.05, 3.63) is 47.5 Å². The highest BCUT2D eigenvalue weighted by Crippen LogP contribution is 2.36. The van der Waals surface area contributed by atoms with Crippen molar-refractivity contribution in [3.63, 3.8) is 0 Å². The molecule has 0 unspecified atom stereocenters. The van der Waals surface area contributed by atoms with Crippen LogP contribution in [-0.4, -0.2) is 33.1 Å². The molecule has 0 bridgehead atoms. The lowest BCUT2D eigenvalue weighted by atomic mass is 9.93. The fourth-order valence-corrected chi connectivity index (χ4v) is 2.57. The van der Waals surface area contributed by atoms with Crippen LogP contribution in [0.2, 0.25) is 0 Å². The Kier molecular flexibility index (Phi) is 5.80. The van der Waals surface area contributed by atoms with E-state index in [1.807, 2.05) is 19.9 Å². The summed E-state index contributed by atoms with van der Waals surface area (Å²) in [6.07, 6.45) is 0. The average Bonchev–Trinajstić information content (AvgIpc) is 2.65. The van der Waals surface area contributed by atoms with Gasteiger partial charge >= 0.3 is 5.97 Å². The van der Waals surface area contributed by atoms with E-state index in [1.165, 1.54) is 7.11 Å². The number of hydrogen-bond acceptors (Lipinski definition) is 5. The summed E-state index contributed by atoms with van der Waals surface area (Å²) in [4.78, 5) is 24.5. The van der Waals surface area contributed by atoms with Crippen LogP contribution in [0.15, 0.2) is 36.4 Å². The molecule has 0 aliphatic rings. The van der Waals surface area contributed by atoms with Crippen LogP contribution < -0.4 is 9.47 Å². The summed E-state index contributed by atoms with van der Waals surface area (Å²) in [7, 11) is 4.43. The van der Waals surface area contributed by atoms with Gasteiger partial charge in [-0.25, -0.2) is 4.79 Å². The minimum atomic E-state index is -0.508. The molecule has 0 spiro atoms. The number of hydrogen-bond donors (Lipinski definition) is 0. The van der Waals surface area contributed by atoms with E-state index < -0.39 is 5.97 Å². The minimum absolute atomic E-state index is 0.0293. The maximum atomic E-state index is 12.3. The molecule has 2 rings (SSSR count). The molecule has 0 aliphatic heterocycles. The lowest BCUT2D eigenvalue weighted by Gasteiger charge is -2.15. The Hall–Kier alpha value is -2.82. The Morgan fingerprint density at radius 1 is 0.880 bits per heavy atom. The highest BCUT2D eigenvalue weighted by molar-refractivity contribution is 6.03. The lowest BCUT2D eigenvalue weighted by molar-refractivity contribution is 0.0601. The van der Waals surface area contributed by atoms with Crippen molar-refractivity contribution in [3.8, 4) is 22.6 Å². The van der Waals surface area contributed by atoms with Crippen LogP contribution in [-0.2, 0) is 4.74 Å². The standard InChI is InChI=1S/C20H22O5/c1-12(2)19(21)13-6-8-15(17(10-13)20(22)25-5)16-9-7-14(23-3)11-18(16)24-4/h6-12H,1-5H3. The van der Waals surface area contributed by atoms with Crippen LogP contribution in [0.3, 0.4) is 0 Å². The first-order chi connectivity index (χ1) is 11.9.